The number of rotatable bonds is 2. The summed E-state index contributed by atoms with van der Waals surface area (Å²) >= 11 is 0.187. The summed E-state index contributed by atoms with van der Waals surface area (Å²) in [5.41, 5.74) is 0. The Labute approximate surface area is 50.4 Å². The van der Waals surface area contributed by atoms with E-state index < -0.39 is 18.6 Å². The van der Waals surface area contributed by atoms with Gasteiger partial charge in [-0.15, -0.1) is 0 Å². The molecule has 0 fully saturated rings. The SMILES string of the molecule is O=C(O)[AsH][Cu]=[S]. The van der Waals surface area contributed by atoms with Crippen LogP contribution in [0.15, 0.2) is 0 Å². The first-order chi connectivity index (χ1) is 2.77. The first kappa shape index (κ1) is 6.77. The van der Waals surface area contributed by atoms with Crippen molar-refractivity contribution in [3.63, 3.8) is 0 Å². The Morgan fingerprint density at radius 3 is 2.50 bits per heavy atom. The molecule has 0 bridgehead atoms. The molecule has 40 valence electrons. The zero-order chi connectivity index (χ0) is 4.99. The number of carboxylic acid groups (broad SMARTS) is 1. The standard InChI is InChI=1S/CH2AsO2.Cu.S/c2-1(3)4;;/h2H,(H,3,4);;/q-1;+1;. The van der Waals surface area contributed by atoms with E-state index in [1.807, 2.05) is 0 Å². The van der Waals surface area contributed by atoms with Crippen LogP contribution < -0.4 is 0 Å². The molecule has 1 unspecified atom stereocenters. The molecule has 0 aliphatic carbocycles. The summed E-state index contributed by atoms with van der Waals surface area (Å²) in [7, 11) is 4.31. The van der Waals surface area contributed by atoms with Gasteiger partial charge in [-0.1, -0.05) is 0 Å². The van der Waals surface area contributed by atoms with Gasteiger partial charge in [0.25, 0.3) is 0 Å². The van der Waals surface area contributed by atoms with Crippen molar-refractivity contribution in [2.24, 2.45) is 0 Å². The van der Waals surface area contributed by atoms with Gasteiger partial charge in [0.1, 0.15) is 0 Å². The van der Waals surface area contributed by atoms with E-state index in [0.29, 0.717) is 0 Å². The third-order valence-corrected chi connectivity index (χ3v) is 3.36. The first-order valence-electron chi connectivity index (χ1n) is 0.952. The van der Waals surface area contributed by atoms with Crippen LogP contribution in [0.1, 0.15) is 0 Å². The van der Waals surface area contributed by atoms with Crippen molar-refractivity contribution < 1.29 is 21.2 Å². The van der Waals surface area contributed by atoms with E-state index in [2.05, 4.69) is 10.6 Å². The van der Waals surface area contributed by atoms with Gasteiger partial charge in [-0.25, -0.2) is 0 Å². The Morgan fingerprint density at radius 2 is 2.50 bits per heavy atom. The van der Waals surface area contributed by atoms with E-state index in [1.165, 1.54) is 0 Å². The van der Waals surface area contributed by atoms with Crippen LogP contribution in [0.4, 0.5) is 4.79 Å². The molecule has 0 saturated carbocycles. The van der Waals surface area contributed by atoms with Crippen LogP contribution in [-0.2, 0) is 11.3 Å². The summed E-state index contributed by atoms with van der Waals surface area (Å²) in [6.07, 6.45) is 0. The van der Waals surface area contributed by atoms with Crippen LogP contribution in [-0.4, -0.2) is 23.7 Å². The molecule has 1 atom stereocenters. The minimum absolute atomic E-state index is 0.731. The summed E-state index contributed by atoms with van der Waals surface area (Å²) in [5, 5.41) is 7.88. The zero-order valence-corrected chi connectivity index (χ0v) is 6.42. The molecule has 0 aromatic carbocycles. The predicted octanol–water partition coefficient (Wildman–Crippen LogP) is 0.211. The number of hydrogen-bond acceptors (Lipinski definition) is 2. The van der Waals surface area contributed by atoms with Gasteiger partial charge in [-0.3, -0.25) is 0 Å². The Bertz CT molecular complexity index is 73.9. The first-order valence-corrected chi connectivity index (χ1v) is 6.48. The summed E-state index contributed by atoms with van der Waals surface area (Å²) in [6.45, 7) is 0. The van der Waals surface area contributed by atoms with E-state index in [-0.39, 0.29) is 0 Å². The average molecular weight is 217 g/mol. The third kappa shape index (κ3) is 4.77. The molecule has 0 aromatic heterocycles. The van der Waals surface area contributed by atoms with Gasteiger partial charge in [-0.2, -0.15) is 0 Å². The second-order valence-electron chi connectivity index (χ2n) is 0.442. The fraction of sp³-hybridized carbons (Fsp3) is 0. The molecule has 0 amide bonds. The Kier molecular flexibility index (Phi) is 4.45. The van der Waals surface area contributed by atoms with Crippen molar-refractivity contribution in [3.05, 3.63) is 0 Å². The molecule has 0 radical (unpaired) electrons. The van der Waals surface area contributed by atoms with E-state index in [9.17, 15) is 4.79 Å². The van der Waals surface area contributed by atoms with Gasteiger partial charge >= 0.3 is 50.4 Å². The molecule has 0 aromatic rings. The van der Waals surface area contributed by atoms with Crippen molar-refractivity contribution in [3.8, 4) is 0 Å². The Balaban J connectivity index is 3.05. The molecule has 0 aliphatic heterocycles. The van der Waals surface area contributed by atoms with Gasteiger partial charge in [0.05, 0.1) is 0 Å². The quantitative estimate of drug-likeness (QED) is 0.671. The average Bonchev–Trinajstić information content (AvgIpc) is 1.35. The normalized spacial score (nSPS) is 10.7. The monoisotopic (exact) mass is 216 g/mol. The van der Waals surface area contributed by atoms with Crippen LogP contribution >= 0.6 is 10.6 Å². The molecule has 0 saturated heterocycles. The van der Waals surface area contributed by atoms with Crippen LogP contribution in [0.2, 0.25) is 0 Å². The maximum absolute atomic E-state index is 9.56. The molecule has 5 heteroatoms. The Morgan fingerprint density at radius 1 is 2.00 bits per heavy atom. The van der Waals surface area contributed by atoms with Crippen LogP contribution in [0.5, 0.6) is 0 Å². The summed E-state index contributed by atoms with van der Waals surface area (Å²) in [6, 6.07) is 0. The van der Waals surface area contributed by atoms with Crippen molar-refractivity contribution in [2.45, 2.75) is 0 Å². The van der Waals surface area contributed by atoms with E-state index in [1.54, 1.807) is 0 Å². The van der Waals surface area contributed by atoms with Gasteiger partial charge < -0.3 is 0 Å². The van der Waals surface area contributed by atoms with Crippen LogP contribution in [0, 0.1) is 0 Å². The van der Waals surface area contributed by atoms with E-state index in [4.69, 9.17) is 5.11 Å². The topological polar surface area (TPSA) is 37.3 Å². The fourth-order valence-corrected chi connectivity index (χ4v) is 1.69. The van der Waals surface area contributed by atoms with Crippen LogP contribution in [0.3, 0.4) is 0 Å². The van der Waals surface area contributed by atoms with E-state index >= 15 is 0 Å². The van der Waals surface area contributed by atoms with Gasteiger partial charge in [0, 0.05) is 0 Å². The minimum atomic E-state index is -0.904. The molecule has 2 nitrogen and oxygen atoms in total. The molecular formula is CH2AsCuO2S. The second kappa shape index (κ2) is 3.94. The third-order valence-electron chi connectivity index (χ3n) is 0.0953. The van der Waals surface area contributed by atoms with Crippen molar-refractivity contribution in [1.82, 2.24) is 0 Å². The van der Waals surface area contributed by atoms with Gasteiger partial charge in [-0.05, 0) is 0 Å². The maximum atomic E-state index is 9.56. The Hall–Kier alpha value is 0.768. The number of carbonyl (C=O) groups is 1. The van der Waals surface area contributed by atoms with E-state index in [0.717, 1.165) is 11.3 Å². The van der Waals surface area contributed by atoms with Gasteiger partial charge in [0.15, 0.2) is 0 Å². The molecule has 0 spiro atoms. The summed E-state index contributed by atoms with van der Waals surface area (Å²) in [5.74, 6) is 0. The fourth-order valence-electron chi connectivity index (χ4n) is 0.0263. The predicted molar refractivity (Wildman–Crippen MR) is 22.8 cm³/mol. The molecule has 0 rings (SSSR count). The van der Waals surface area contributed by atoms with Crippen molar-refractivity contribution in [2.75, 3.05) is 0 Å². The summed E-state index contributed by atoms with van der Waals surface area (Å²) < 4.78 is -0.731. The van der Waals surface area contributed by atoms with Crippen molar-refractivity contribution >= 4 is 29.2 Å². The molecular weight excluding hydrogens is 215 g/mol. The zero-order valence-electron chi connectivity index (χ0n) is 2.57. The summed E-state index contributed by atoms with van der Waals surface area (Å²) in [4.78, 5) is 9.56. The number of hydrogen-bond donors (Lipinski definition) is 1. The molecule has 0 aliphatic rings. The molecule has 0 heterocycles. The molecule has 6 heavy (non-hydrogen) atoms. The van der Waals surface area contributed by atoms with Crippen molar-refractivity contribution in [1.29, 1.82) is 0 Å². The molecule has 1 N–H and O–H groups in total. The van der Waals surface area contributed by atoms with Crippen LogP contribution in [0.25, 0.3) is 0 Å². The second-order valence-corrected chi connectivity index (χ2v) is 6.77. The van der Waals surface area contributed by atoms with Gasteiger partial charge in [0.2, 0.25) is 0 Å².